The zero-order valence-electron chi connectivity index (χ0n) is 9.65. The van der Waals surface area contributed by atoms with Gasteiger partial charge in [-0.3, -0.25) is 4.68 Å². The van der Waals surface area contributed by atoms with E-state index in [9.17, 15) is 0 Å². The first kappa shape index (κ1) is 10.6. The lowest BCUT2D eigenvalue weighted by molar-refractivity contribution is 0.594. The van der Waals surface area contributed by atoms with Gasteiger partial charge in [-0.2, -0.15) is 5.10 Å². The second-order valence-electron chi connectivity index (χ2n) is 3.97. The number of aromatic nitrogens is 3. The smallest absolute Gasteiger partial charge is 0.292 e. The molecular formula is C13H12N4O. The average Bonchev–Trinajstić information content (AvgIpc) is 2.99. The number of anilines is 1. The van der Waals surface area contributed by atoms with E-state index in [1.165, 1.54) is 5.56 Å². The Bertz CT molecular complexity index is 642. The van der Waals surface area contributed by atoms with Gasteiger partial charge in [0.25, 0.3) is 6.01 Å². The number of hydrogen-bond donors (Lipinski definition) is 1. The van der Waals surface area contributed by atoms with E-state index in [0.29, 0.717) is 5.76 Å². The molecule has 5 heteroatoms. The number of nitrogen functional groups attached to an aromatic ring is 1. The van der Waals surface area contributed by atoms with E-state index in [2.05, 4.69) is 22.2 Å². The lowest BCUT2D eigenvalue weighted by Gasteiger charge is -2.00. The van der Waals surface area contributed by atoms with Crippen LogP contribution in [0, 0.1) is 0 Å². The van der Waals surface area contributed by atoms with E-state index in [4.69, 9.17) is 10.2 Å². The number of nitrogens with zero attached hydrogens (tertiary/aromatic N) is 3. The molecule has 0 aliphatic heterocycles. The molecule has 0 spiro atoms. The number of nitrogens with two attached hydrogens (primary N) is 1. The Morgan fingerprint density at radius 1 is 1.17 bits per heavy atom. The maximum Gasteiger partial charge on any atom is 0.292 e. The predicted octanol–water partition coefficient (Wildman–Crippen LogP) is 2.17. The minimum absolute atomic E-state index is 0.167. The Hall–Kier alpha value is -2.56. The van der Waals surface area contributed by atoms with Crippen LogP contribution >= 0.6 is 0 Å². The molecule has 90 valence electrons. The van der Waals surface area contributed by atoms with Crippen LogP contribution in [0.3, 0.4) is 0 Å². The van der Waals surface area contributed by atoms with Gasteiger partial charge in [-0.25, -0.2) is 4.98 Å². The van der Waals surface area contributed by atoms with E-state index in [0.717, 1.165) is 12.1 Å². The number of oxazole rings is 1. The fourth-order valence-corrected chi connectivity index (χ4v) is 1.77. The Morgan fingerprint density at radius 3 is 2.72 bits per heavy atom. The van der Waals surface area contributed by atoms with Crippen LogP contribution in [-0.2, 0) is 6.54 Å². The first-order chi connectivity index (χ1) is 8.81. The fraction of sp³-hybridized carbons (Fsp3) is 0.0769. The summed E-state index contributed by atoms with van der Waals surface area (Å²) in [6.45, 7) is 0.727. The molecule has 18 heavy (non-hydrogen) atoms. The molecule has 1 aromatic carbocycles. The summed E-state index contributed by atoms with van der Waals surface area (Å²) in [5.74, 6) is 0.631. The minimum atomic E-state index is 0.167. The summed E-state index contributed by atoms with van der Waals surface area (Å²) in [6, 6.07) is 10.3. The van der Waals surface area contributed by atoms with E-state index >= 15 is 0 Å². The van der Waals surface area contributed by atoms with E-state index in [1.807, 2.05) is 29.1 Å². The standard InChI is InChI=1S/C13H12N4O/c14-13-15-7-12(18-13)11-6-16-17(9-11)8-10-4-2-1-3-5-10/h1-7,9H,8H2,(H2,14,15). The van der Waals surface area contributed by atoms with Crippen molar-refractivity contribution in [2.45, 2.75) is 6.54 Å². The number of rotatable bonds is 3. The van der Waals surface area contributed by atoms with Gasteiger partial charge in [0.1, 0.15) is 0 Å². The molecular weight excluding hydrogens is 228 g/mol. The highest BCUT2D eigenvalue weighted by atomic mass is 16.4. The van der Waals surface area contributed by atoms with Crippen LogP contribution in [0.1, 0.15) is 5.56 Å². The quantitative estimate of drug-likeness (QED) is 0.761. The monoisotopic (exact) mass is 240 g/mol. The summed E-state index contributed by atoms with van der Waals surface area (Å²) >= 11 is 0. The summed E-state index contributed by atoms with van der Waals surface area (Å²) in [6.07, 6.45) is 5.25. The summed E-state index contributed by atoms with van der Waals surface area (Å²) in [7, 11) is 0. The zero-order chi connectivity index (χ0) is 12.4. The Labute approximate surface area is 104 Å². The SMILES string of the molecule is Nc1ncc(-c2cnn(Cc3ccccc3)c2)o1. The molecule has 2 heterocycles. The largest absolute Gasteiger partial charge is 0.424 e. The van der Waals surface area contributed by atoms with Crippen molar-refractivity contribution in [3.8, 4) is 11.3 Å². The summed E-state index contributed by atoms with van der Waals surface area (Å²) in [4.78, 5) is 3.86. The third-order valence-corrected chi connectivity index (χ3v) is 2.63. The van der Waals surface area contributed by atoms with Crippen molar-refractivity contribution in [2.75, 3.05) is 5.73 Å². The van der Waals surface area contributed by atoms with Crippen LogP contribution in [-0.4, -0.2) is 14.8 Å². The molecule has 0 aliphatic rings. The molecule has 3 aromatic rings. The normalized spacial score (nSPS) is 10.7. The van der Waals surface area contributed by atoms with E-state index in [1.54, 1.807) is 12.4 Å². The molecule has 0 fully saturated rings. The van der Waals surface area contributed by atoms with Crippen molar-refractivity contribution in [2.24, 2.45) is 0 Å². The molecule has 0 saturated heterocycles. The van der Waals surface area contributed by atoms with Crippen molar-refractivity contribution in [3.05, 3.63) is 54.5 Å². The van der Waals surface area contributed by atoms with Crippen molar-refractivity contribution < 1.29 is 4.42 Å². The van der Waals surface area contributed by atoms with E-state index in [-0.39, 0.29) is 6.01 Å². The van der Waals surface area contributed by atoms with Gasteiger partial charge in [-0.05, 0) is 5.56 Å². The van der Waals surface area contributed by atoms with Crippen molar-refractivity contribution in [3.63, 3.8) is 0 Å². The lowest BCUT2D eigenvalue weighted by atomic mass is 10.2. The lowest BCUT2D eigenvalue weighted by Crippen LogP contribution is -1.98. The molecule has 0 bridgehead atoms. The molecule has 5 nitrogen and oxygen atoms in total. The third-order valence-electron chi connectivity index (χ3n) is 2.63. The summed E-state index contributed by atoms with van der Waals surface area (Å²) < 4.78 is 7.10. The fourth-order valence-electron chi connectivity index (χ4n) is 1.77. The second-order valence-corrected chi connectivity index (χ2v) is 3.97. The number of benzene rings is 1. The Balaban J connectivity index is 1.82. The highest BCUT2D eigenvalue weighted by Crippen LogP contribution is 2.20. The molecule has 0 atom stereocenters. The maximum atomic E-state index is 5.44. The van der Waals surface area contributed by atoms with Crippen molar-refractivity contribution >= 4 is 6.01 Å². The van der Waals surface area contributed by atoms with Gasteiger partial charge in [0, 0.05) is 6.20 Å². The van der Waals surface area contributed by atoms with Crippen LogP contribution < -0.4 is 5.73 Å². The van der Waals surface area contributed by atoms with Crippen molar-refractivity contribution in [1.29, 1.82) is 0 Å². The van der Waals surface area contributed by atoms with Crippen LogP contribution in [0.4, 0.5) is 6.01 Å². The molecule has 0 unspecified atom stereocenters. The average molecular weight is 240 g/mol. The van der Waals surface area contributed by atoms with Gasteiger partial charge >= 0.3 is 0 Å². The topological polar surface area (TPSA) is 69.9 Å². The Kier molecular flexibility index (Phi) is 2.57. The first-order valence-corrected chi connectivity index (χ1v) is 5.59. The van der Waals surface area contributed by atoms with Gasteiger partial charge < -0.3 is 10.2 Å². The summed E-state index contributed by atoms with van der Waals surface area (Å²) in [5.41, 5.74) is 7.51. The maximum absolute atomic E-state index is 5.44. The van der Waals surface area contributed by atoms with Crippen LogP contribution in [0.5, 0.6) is 0 Å². The molecule has 2 N–H and O–H groups in total. The molecule has 0 amide bonds. The molecule has 0 aliphatic carbocycles. The molecule has 0 radical (unpaired) electrons. The van der Waals surface area contributed by atoms with Gasteiger partial charge in [0.2, 0.25) is 0 Å². The molecule has 2 aromatic heterocycles. The highest BCUT2D eigenvalue weighted by molar-refractivity contribution is 5.54. The highest BCUT2D eigenvalue weighted by Gasteiger charge is 2.07. The second kappa shape index (κ2) is 4.37. The third kappa shape index (κ3) is 2.10. The number of hydrogen-bond acceptors (Lipinski definition) is 4. The van der Waals surface area contributed by atoms with Gasteiger partial charge in [-0.1, -0.05) is 30.3 Å². The minimum Gasteiger partial charge on any atom is -0.424 e. The predicted molar refractivity (Wildman–Crippen MR) is 67.7 cm³/mol. The van der Waals surface area contributed by atoms with Crippen molar-refractivity contribution in [1.82, 2.24) is 14.8 Å². The molecule has 3 rings (SSSR count). The molecule has 0 saturated carbocycles. The zero-order valence-corrected chi connectivity index (χ0v) is 9.65. The summed E-state index contributed by atoms with van der Waals surface area (Å²) in [5, 5.41) is 4.29. The van der Waals surface area contributed by atoms with Crippen LogP contribution in [0.15, 0.2) is 53.3 Å². The first-order valence-electron chi connectivity index (χ1n) is 5.59. The van der Waals surface area contributed by atoms with Gasteiger partial charge in [0.05, 0.1) is 24.5 Å². The van der Waals surface area contributed by atoms with Gasteiger partial charge in [0.15, 0.2) is 5.76 Å². The van der Waals surface area contributed by atoms with Crippen LogP contribution in [0.25, 0.3) is 11.3 Å². The van der Waals surface area contributed by atoms with E-state index < -0.39 is 0 Å². The van der Waals surface area contributed by atoms with Gasteiger partial charge in [-0.15, -0.1) is 0 Å². The Morgan fingerprint density at radius 2 is 2.00 bits per heavy atom. The van der Waals surface area contributed by atoms with Crippen LogP contribution in [0.2, 0.25) is 0 Å².